The zero-order valence-electron chi connectivity index (χ0n) is 12.7. The van der Waals surface area contributed by atoms with Crippen molar-refractivity contribution >= 4 is 29.9 Å². The van der Waals surface area contributed by atoms with Crippen molar-refractivity contribution in [2.24, 2.45) is 0 Å². The molecular weight excluding hydrogens is 335 g/mol. The Morgan fingerprint density at radius 1 is 1.30 bits per heavy atom. The molecule has 1 aromatic heterocycles. The Bertz CT molecular complexity index is 622. The summed E-state index contributed by atoms with van der Waals surface area (Å²) in [5, 5.41) is 11.4. The maximum absolute atomic E-state index is 12.8. The normalized spacial score (nSPS) is 16.4. The van der Waals surface area contributed by atoms with Crippen LogP contribution in [-0.4, -0.2) is 28.8 Å². The van der Waals surface area contributed by atoms with Crippen LogP contribution >= 0.6 is 24.0 Å². The van der Waals surface area contributed by atoms with Crippen molar-refractivity contribution in [3.8, 4) is 0 Å². The van der Waals surface area contributed by atoms with E-state index < -0.39 is 5.54 Å². The molecule has 0 bridgehead atoms. The lowest BCUT2D eigenvalue weighted by molar-refractivity contribution is -0.132. The van der Waals surface area contributed by atoms with E-state index in [0.29, 0.717) is 11.6 Å². The van der Waals surface area contributed by atoms with Crippen LogP contribution in [0.4, 0.5) is 0 Å². The summed E-state index contributed by atoms with van der Waals surface area (Å²) in [5.74, 6) is 0.0210. The lowest BCUT2D eigenvalue weighted by Crippen LogP contribution is -2.54. The van der Waals surface area contributed by atoms with Gasteiger partial charge >= 0.3 is 0 Å². The Balaban J connectivity index is 0.00000192. The lowest BCUT2D eigenvalue weighted by Gasteiger charge is -2.36. The van der Waals surface area contributed by atoms with Gasteiger partial charge in [-0.15, -0.1) is 12.4 Å². The molecule has 0 saturated carbocycles. The van der Waals surface area contributed by atoms with Gasteiger partial charge in [-0.2, -0.15) is 5.10 Å². The van der Waals surface area contributed by atoms with E-state index in [2.05, 4.69) is 15.7 Å². The predicted molar refractivity (Wildman–Crippen MR) is 92.9 cm³/mol. The number of nitrogens with one attached hydrogen (secondary N) is 2. The minimum atomic E-state index is -0.596. The maximum Gasteiger partial charge on any atom is 0.248 e. The molecule has 1 fully saturated rings. The number of hydrogen-bond donors (Lipinski definition) is 2. The van der Waals surface area contributed by atoms with Gasteiger partial charge in [-0.05, 0) is 49.7 Å². The van der Waals surface area contributed by atoms with Gasteiger partial charge in [0, 0.05) is 24.0 Å². The molecule has 0 aliphatic carbocycles. The Labute approximate surface area is 146 Å². The number of hydrogen-bond acceptors (Lipinski definition) is 3. The standard InChI is InChI=1S/C16H19ClN4O.ClH/c17-14-4-2-13(3-5-14)12-19-15(22)16(6-9-18-10-7-16)21-11-1-8-20-21;/h1-5,8,11,18H,6-7,9-10,12H2,(H,19,22);1H. The van der Waals surface area contributed by atoms with Crippen LogP contribution in [0.1, 0.15) is 18.4 Å². The van der Waals surface area contributed by atoms with Crippen LogP contribution in [0, 0.1) is 0 Å². The number of amides is 1. The van der Waals surface area contributed by atoms with Crippen molar-refractivity contribution in [3.05, 3.63) is 53.3 Å². The zero-order valence-corrected chi connectivity index (χ0v) is 14.2. The third-order valence-electron chi connectivity index (χ3n) is 4.16. The summed E-state index contributed by atoms with van der Waals surface area (Å²) < 4.78 is 1.80. The van der Waals surface area contributed by atoms with Crippen LogP contribution < -0.4 is 10.6 Å². The van der Waals surface area contributed by atoms with E-state index >= 15 is 0 Å². The summed E-state index contributed by atoms with van der Waals surface area (Å²) in [4.78, 5) is 12.8. The molecular formula is C16H20Cl2N4O. The van der Waals surface area contributed by atoms with E-state index in [-0.39, 0.29) is 18.3 Å². The second-order valence-electron chi connectivity index (χ2n) is 5.54. The van der Waals surface area contributed by atoms with Gasteiger partial charge in [0.25, 0.3) is 0 Å². The largest absolute Gasteiger partial charge is 0.350 e. The molecule has 0 radical (unpaired) electrons. The number of carbonyl (C=O) groups excluding carboxylic acids is 1. The van der Waals surface area contributed by atoms with Crippen LogP contribution in [-0.2, 0) is 16.9 Å². The fourth-order valence-electron chi connectivity index (χ4n) is 2.87. The molecule has 0 unspecified atom stereocenters. The van der Waals surface area contributed by atoms with Crippen LogP contribution in [0.5, 0.6) is 0 Å². The Morgan fingerprint density at radius 3 is 2.61 bits per heavy atom. The number of aromatic nitrogens is 2. The van der Waals surface area contributed by atoms with Gasteiger partial charge in [0.05, 0.1) is 0 Å². The highest BCUT2D eigenvalue weighted by Gasteiger charge is 2.41. The number of rotatable bonds is 4. The Hall–Kier alpha value is -1.56. The highest BCUT2D eigenvalue weighted by Crippen LogP contribution is 2.27. The van der Waals surface area contributed by atoms with Gasteiger partial charge in [0.2, 0.25) is 5.91 Å². The summed E-state index contributed by atoms with van der Waals surface area (Å²) in [5.41, 5.74) is 0.434. The van der Waals surface area contributed by atoms with Gasteiger partial charge in [-0.3, -0.25) is 9.48 Å². The number of nitrogens with zero attached hydrogens (tertiary/aromatic N) is 2. The minimum absolute atomic E-state index is 0. The lowest BCUT2D eigenvalue weighted by atomic mass is 9.87. The average molecular weight is 355 g/mol. The van der Waals surface area contributed by atoms with Crippen molar-refractivity contribution in [1.82, 2.24) is 20.4 Å². The molecule has 7 heteroatoms. The highest BCUT2D eigenvalue weighted by molar-refractivity contribution is 6.30. The molecule has 124 valence electrons. The molecule has 1 saturated heterocycles. The molecule has 2 N–H and O–H groups in total. The van der Waals surface area contributed by atoms with E-state index in [1.165, 1.54) is 0 Å². The molecule has 0 atom stereocenters. The first-order chi connectivity index (χ1) is 10.7. The number of benzene rings is 1. The van der Waals surface area contributed by atoms with Crippen LogP contribution in [0.2, 0.25) is 5.02 Å². The molecule has 5 nitrogen and oxygen atoms in total. The minimum Gasteiger partial charge on any atom is -0.350 e. The number of carbonyl (C=O) groups is 1. The summed E-state index contributed by atoms with van der Waals surface area (Å²) >= 11 is 5.88. The molecule has 1 aliphatic rings. The summed E-state index contributed by atoms with van der Waals surface area (Å²) in [6.07, 6.45) is 5.06. The molecule has 23 heavy (non-hydrogen) atoms. The van der Waals surface area contributed by atoms with Gasteiger partial charge in [-0.25, -0.2) is 0 Å². The molecule has 3 rings (SSSR count). The zero-order chi connectivity index (χ0) is 15.4. The number of piperidine rings is 1. The summed E-state index contributed by atoms with van der Waals surface area (Å²) in [7, 11) is 0. The monoisotopic (exact) mass is 354 g/mol. The molecule has 1 amide bonds. The Morgan fingerprint density at radius 2 is 2.00 bits per heavy atom. The summed E-state index contributed by atoms with van der Waals surface area (Å²) in [6, 6.07) is 9.36. The second kappa shape index (κ2) is 7.81. The SMILES string of the molecule is Cl.O=C(NCc1ccc(Cl)cc1)C1(n2cccn2)CCNCC1. The van der Waals surface area contributed by atoms with Crippen molar-refractivity contribution in [2.75, 3.05) is 13.1 Å². The average Bonchev–Trinajstić information content (AvgIpc) is 3.09. The van der Waals surface area contributed by atoms with Gasteiger partial charge in [-0.1, -0.05) is 23.7 Å². The van der Waals surface area contributed by atoms with Crippen molar-refractivity contribution in [3.63, 3.8) is 0 Å². The predicted octanol–water partition coefficient (Wildman–Crippen LogP) is 2.35. The molecule has 1 aromatic carbocycles. The summed E-state index contributed by atoms with van der Waals surface area (Å²) in [6.45, 7) is 2.12. The number of halogens is 2. The first-order valence-electron chi connectivity index (χ1n) is 7.44. The Kier molecular flexibility index (Phi) is 6.04. The first-order valence-corrected chi connectivity index (χ1v) is 7.82. The van der Waals surface area contributed by atoms with E-state index in [1.54, 1.807) is 10.9 Å². The molecule has 2 heterocycles. The van der Waals surface area contributed by atoms with E-state index in [4.69, 9.17) is 11.6 Å². The van der Waals surface area contributed by atoms with Crippen LogP contribution in [0.25, 0.3) is 0 Å². The van der Waals surface area contributed by atoms with Gasteiger partial charge < -0.3 is 10.6 Å². The maximum atomic E-state index is 12.8. The van der Waals surface area contributed by atoms with E-state index in [9.17, 15) is 4.79 Å². The van der Waals surface area contributed by atoms with Crippen LogP contribution in [0.15, 0.2) is 42.7 Å². The van der Waals surface area contributed by atoms with Crippen molar-refractivity contribution in [1.29, 1.82) is 0 Å². The highest BCUT2D eigenvalue weighted by atomic mass is 35.5. The smallest absolute Gasteiger partial charge is 0.248 e. The second-order valence-corrected chi connectivity index (χ2v) is 5.98. The fraction of sp³-hybridized carbons (Fsp3) is 0.375. The molecule has 1 aliphatic heterocycles. The van der Waals surface area contributed by atoms with Gasteiger partial charge in [0.15, 0.2) is 0 Å². The first kappa shape index (κ1) is 17.8. The van der Waals surface area contributed by atoms with E-state index in [0.717, 1.165) is 31.5 Å². The van der Waals surface area contributed by atoms with Crippen molar-refractivity contribution in [2.45, 2.75) is 24.9 Å². The third kappa shape index (κ3) is 3.86. The fourth-order valence-corrected chi connectivity index (χ4v) is 3.00. The quantitative estimate of drug-likeness (QED) is 0.885. The molecule has 0 spiro atoms. The third-order valence-corrected chi connectivity index (χ3v) is 4.41. The van der Waals surface area contributed by atoms with Crippen LogP contribution in [0.3, 0.4) is 0 Å². The van der Waals surface area contributed by atoms with Crippen molar-refractivity contribution < 1.29 is 4.79 Å². The van der Waals surface area contributed by atoms with E-state index in [1.807, 2.05) is 36.5 Å². The topological polar surface area (TPSA) is 59.0 Å². The molecule has 2 aromatic rings. The van der Waals surface area contributed by atoms with Gasteiger partial charge in [0.1, 0.15) is 5.54 Å².